The molecule has 0 saturated carbocycles. The van der Waals surface area contributed by atoms with Gasteiger partial charge in [-0.25, -0.2) is 4.39 Å². The second-order valence-corrected chi connectivity index (χ2v) is 7.33. The molecule has 140 valence electrons. The molecule has 27 heavy (non-hydrogen) atoms. The summed E-state index contributed by atoms with van der Waals surface area (Å²) in [6.07, 6.45) is 3.01. The largest absolute Gasteiger partial charge is 0.354 e. The van der Waals surface area contributed by atoms with E-state index in [1.807, 2.05) is 16.8 Å². The molecule has 0 aliphatic carbocycles. The van der Waals surface area contributed by atoms with Crippen molar-refractivity contribution in [1.82, 2.24) is 4.90 Å². The van der Waals surface area contributed by atoms with E-state index in [0.717, 1.165) is 31.5 Å². The van der Waals surface area contributed by atoms with Gasteiger partial charge in [0.2, 0.25) is 0 Å². The maximum Gasteiger partial charge on any atom is 0.257 e. The average Bonchev–Trinajstić information content (AvgIpc) is 2.68. The average molecular weight is 388 g/mol. The van der Waals surface area contributed by atoms with Crippen LogP contribution in [0.4, 0.5) is 15.8 Å². The van der Waals surface area contributed by atoms with E-state index in [1.54, 1.807) is 18.2 Å². The van der Waals surface area contributed by atoms with Gasteiger partial charge in [0.05, 0.1) is 16.9 Å². The van der Waals surface area contributed by atoms with Crippen LogP contribution in [0.1, 0.15) is 40.0 Å². The Balaban J connectivity index is 1.64. The van der Waals surface area contributed by atoms with Gasteiger partial charge in [0, 0.05) is 24.2 Å². The number of carbonyl (C=O) groups is 2. The number of nitrogens with zero attached hydrogens (tertiary/aromatic N) is 2. The summed E-state index contributed by atoms with van der Waals surface area (Å²) >= 11 is 5.87. The molecular formula is C20H19ClFN3O2. The van der Waals surface area contributed by atoms with Crippen molar-refractivity contribution in [2.75, 3.05) is 23.8 Å². The van der Waals surface area contributed by atoms with Gasteiger partial charge in [-0.2, -0.15) is 0 Å². The Bertz CT molecular complexity index is 933. The molecular weight excluding hydrogens is 369 g/mol. The molecule has 1 fully saturated rings. The molecule has 0 spiro atoms. The SMILES string of the molecule is CN1c2cc(C(=O)Nc3cc(Cl)ccc3F)ccc2C(=O)N2CCCC[C@H]21. The molecule has 0 aromatic heterocycles. The van der Waals surface area contributed by atoms with Crippen molar-refractivity contribution in [1.29, 1.82) is 0 Å². The van der Waals surface area contributed by atoms with E-state index in [2.05, 4.69) is 5.32 Å². The first kappa shape index (κ1) is 17.8. The quantitative estimate of drug-likeness (QED) is 0.842. The summed E-state index contributed by atoms with van der Waals surface area (Å²) in [5, 5.41) is 2.88. The molecule has 1 saturated heterocycles. The Morgan fingerprint density at radius 2 is 2.04 bits per heavy atom. The first-order valence-corrected chi connectivity index (χ1v) is 9.28. The van der Waals surface area contributed by atoms with E-state index in [-0.39, 0.29) is 17.8 Å². The summed E-state index contributed by atoms with van der Waals surface area (Å²) in [5.41, 5.74) is 1.69. The first-order chi connectivity index (χ1) is 13.0. The third-order valence-corrected chi connectivity index (χ3v) is 5.46. The van der Waals surface area contributed by atoms with Crippen LogP contribution in [0.25, 0.3) is 0 Å². The molecule has 1 atom stereocenters. The van der Waals surface area contributed by atoms with Gasteiger partial charge < -0.3 is 15.1 Å². The molecule has 1 N–H and O–H groups in total. The zero-order valence-corrected chi connectivity index (χ0v) is 15.6. The van der Waals surface area contributed by atoms with Crippen LogP contribution in [0.5, 0.6) is 0 Å². The minimum atomic E-state index is -0.559. The summed E-state index contributed by atoms with van der Waals surface area (Å²) in [6, 6.07) is 8.94. The van der Waals surface area contributed by atoms with Crippen molar-refractivity contribution in [2.24, 2.45) is 0 Å². The molecule has 2 aliphatic heterocycles. The topological polar surface area (TPSA) is 52.7 Å². The number of fused-ring (bicyclic) bond motifs is 2. The molecule has 2 amide bonds. The van der Waals surface area contributed by atoms with E-state index >= 15 is 0 Å². The molecule has 5 nitrogen and oxygen atoms in total. The summed E-state index contributed by atoms with van der Waals surface area (Å²) in [6.45, 7) is 0.754. The van der Waals surface area contributed by atoms with Crippen LogP contribution in [-0.2, 0) is 0 Å². The molecule has 2 aromatic carbocycles. The fourth-order valence-electron chi connectivity index (χ4n) is 3.80. The fourth-order valence-corrected chi connectivity index (χ4v) is 3.97. The Labute approximate surface area is 161 Å². The molecule has 0 bridgehead atoms. The molecule has 7 heteroatoms. The Morgan fingerprint density at radius 1 is 1.22 bits per heavy atom. The minimum Gasteiger partial charge on any atom is -0.354 e. The van der Waals surface area contributed by atoms with Gasteiger partial charge in [-0.15, -0.1) is 0 Å². The summed E-state index contributed by atoms with van der Waals surface area (Å²) in [5.74, 6) is -1.01. The minimum absolute atomic E-state index is 0.000596. The molecule has 2 heterocycles. The van der Waals surface area contributed by atoms with Gasteiger partial charge in [-0.3, -0.25) is 9.59 Å². The van der Waals surface area contributed by atoms with Crippen molar-refractivity contribution < 1.29 is 14.0 Å². The summed E-state index contributed by atoms with van der Waals surface area (Å²) in [7, 11) is 1.94. The van der Waals surface area contributed by atoms with Gasteiger partial charge in [0.25, 0.3) is 11.8 Å². The number of amides is 2. The van der Waals surface area contributed by atoms with Crippen molar-refractivity contribution in [3.8, 4) is 0 Å². The predicted octanol–water partition coefficient (Wildman–Crippen LogP) is 4.13. The number of halogens is 2. The van der Waals surface area contributed by atoms with E-state index < -0.39 is 11.7 Å². The third-order valence-electron chi connectivity index (χ3n) is 5.23. The predicted molar refractivity (Wildman–Crippen MR) is 103 cm³/mol. The van der Waals surface area contributed by atoms with Gasteiger partial charge in [-0.05, 0) is 55.7 Å². The Kier molecular flexibility index (Phi) is 4.52. The van der Waals surface area contributed by atoms with Crippen molar-refractivity contribution in [3.05, 3.63) is 58.4 Å². The molecule has 0 radical (unpaired) electrons. The van der Waals surface area contributed by atoms with Crippen LogP contribution >= 0.6 is 11.6 Å². The number of hydrogen-bond acceptors (Lipinski definition) is 3. The third kappa shape index (κ3) is 3.14. The van der Waals surface area contributed by atoms with Gasteiger partial charge in [-0.1, -0.05) is 11.6 Å². The van der Waals surface area contributed by atoms with Gasteiger partial charge in [0.1, 0.15) is 12.0 Å². The lowest BCUT2D eigenvalue weighted by Gasteiger charge is -2.46. The fraction of sp³-hybridized carbons (Fsp3) is 0.300. The van der Waals surface area contributed by atoms with Crippen LogP contribution in [0, 0.1) is 5.82 Å². The molecule has 2 aliphatic rings. The highest BCUT2D eigenvalue weighted by Crippen LogP contribution is 2.35. The zero-order chi connectivity index (χ0) is 19.1. The molecule has 2 aromatic rings. The maximum absolute atomic E-state index is 13.9. The highest BCUT2D eigenvalue weighted by molar-refractivity contribution is 6.31. The van der Waals surface area contributed by atoms with Crippen molar-refractivity contribution in [2.45, 2.75) is 25.4 Å². The number of rotatable bonds is 2. The smallest absolute Gasteiger partial charge is 0.257 e. The lowest BCUT2D eigenvalue weighted by Crippen LogP contribution is -2.55. The van der Waals surface area contributed by atoms with Crippen molar-refractivity contribution in [3.63, 3.8) is 0 Å². The number of piperidine rings is 1. The number of hydrogen-bond donors (Lipinski definition) is 1. The van der Waals surface area contributed by atoms with Gasteiger partial charge >= 0.3 is 0 Å². The molecule has 0 unspecified atom stereocenters. The first-order valence-electron chi connectivity index (χ1n) is 8.90. The van der Waals surface area contributed by atoms with Crippen LogP contribution in [-0.4, -0.2) is 36.5 Å². The maximum atomic E-state index is 13.9. The lowest BCUT2D eigenvalue weighted by atomic mass is 9.97. The summed E-state index contributed by atoms with van der Waals surface area (Å²) < 4.78 is 13.9. The Morgan fingerprint density at radius 3 is 2.85 bits per heavy atom. The number of anilines is 2. The highest BCUT2D eigenvalue weighted by atomic mass is 35.5. The normalized spacial score (nSPS) is 18.8. The summed E-state index contributed by atoms with van der Waals surface area (Å²) in [4.78, 5) is 29.3. The van der Waals surface area contributed by atoms with Gasteiger partial charge in [0.15, 0.2) is 0 Å². The Hall–Kier alpha value is -2.60. The van der Waals surface area contributed by atoms with Crippen molar-refractivity contribution >= 4 is 34.8 Å². The van der Waals surface area contributed by atoms with Crippen LogP contribution in [0.15, 0.2) is 36.4 Å². The zero-order valence-electron chi connectivity index (χ0n) is 14.8. The van der Waals surface area contributed by atoms with E-state index in [4.69, 9.17) is 11.6 Å². The number of carbonyl (C=O) groups excluding carboxylic acids is 2. The standard InChI is InChI=1S/C20H19ClFN3O2/c1-24-17-10-12(19(26)23-16-11-13(21)6-8-15(16)22)5-7-14(17)20(27)25-9-3-2-4-18(24)25/h5-8,10-11,18H,2-4,9H2,1H3,(H,23,26)/t18-/m0/s1. The van der Waals surface area contributed by atoms with Crippen LogP contribution < -0.4 is 10.2 Å². The number of nitrogens with one attached hydrogen (secondary N) is 1. The second kappa shape index (κ2) is 6.85. The second-order valence-electron chi connectivity index (χ2n) is 6.90. The highest BCUT2D eigenvalue weighted by Gasteiger charge is 2.37. The molecule has 4 rings (SSSR count). The van der Waals surface area contributed by atoms with E-state index in [0.29, 0.717) is 16.1 Å². The number of benzene rings is 2. The van der Waals surface area contributed by atoms with E-state index in [9.17, 15) is 14.0 Å². The van der Waals surface area contributed by atoms with Crippen LogP contribution in [0.2, 0.25) is 5.02 Å². The van der Waals surface area contributed by atoms with Crippen LogP contribution in [0.3, 0.4) is 0 Å². The monoisotopic (exact) mass is 387 g/mol. The van der Waals surface area contributed by atoms with E-state index in [1.165, 1.54) is 18.2 Å². The lowest BCUT2D eigenvalue weighted by molar-refractivity contribution is 0.0589.